The minimum atomic E-state index is -4.11. The molecule has 5 rings (SSSR count). The van der Waals surface area contributed by atoms with Crippen LogP contribution in [0.15, 0.2) is 48.5 Å². The van der Waals surface area contributed by atoms with Gasteiger partial charge in [0.1, 0.15) is 11.8 Å². The van der Waals surface area contributed by atoms with Crippen LogP contribution in [0.3, 0.4) is 0 Å². The molecule has 3 fully saturated rings. The van der Waals surface area contributed by atoms with Gasteiger partial charge in [0.15, 0.2) is 0 Å². The number of alkyl halides is 3. The van der Waals surface area contributed by atoms with Gasteiger partial charge in [-0.15, -0.1) is 0 Å². The predicted octanol–water partition coefficient (Wildman–Crippen LogP) is 5.27. The zero-order valence-electron chi connectivity index (χ0n) is 22.1. The monoisotopic (exact) mass is 543 g/mol. The fraction of sp³-hybridized carbons (Fsp3) is 0.533. The maximum absolute atomic E-state index is 13.5. The van der Waals surface area contributed by atoms with Crippen molar-refractivity contribution >= 4 is 11.8 Å². The van der Waals surface area contributed by atoms with Crippen molar-refractivity contribution < 1.29 is 27.5 Å². The molecule has 1 aliphatic carbocycles. The molecule has 39 heavy (non-hydrogen) atoms. The molecule has 0 aromatic heterocycles. The molecule has 2 heterocycles. The molecule has 0 spiro atoms. The minimum Gasteiger partial charge on any atom is -0.493 e. The van der Waals surface area contributed by atoms with Gasteiger partial charge in [0.05, 0.1) is 12.0 Å². The topological polar surface area (TPSA) is 75.9 Å². The first-order valence-electron chi connectivity index (χ1n) is 13.9. The fourth-order valence-corrected chi connectivity index (χ4v) is 6.11. The highest BCUT2D eigenvalue weighted by atomic mass is 19.4. The lowest BCUT2D eigenvalue weighted by Gasteiger charge is -2.47. The lowest BCUT2D eigenvalue weighted by molar-refractivity contribution is -0.256. The Morgan fingerprint density at radius 1 is 0.897 bits per heavy atom. The summed E-state index contributed by atoms with van der Waals surface area (Å²) in [6.45, 7) is 2.59. The van der Waals surface area contributed by atoms with E-state index in [4.69, 9.17) is 10.5 Å². The summed E-state index contributed by atoms with van der Waals surface area (Å²) in [6.07, 6.45) is 0.138. The maximum Gasteiger partial charge on any atom is 0.395 e. The molecule has 2 saturated heterocycles. The largest absolute Gasteiger partial charge is 0.493 e. The number of nitrogens with two attached hydrogens (primary N) is 1. The molecule has 0 bridgehead atoms. The van der Waals surface area contributed by atoms with Crippen molar-refractivity contribution in [1.82, 2.24) is 9.80 Å². The van der Waals surface area contributed by atoms with Crippen molar-refractivity contribution in [3.8, 4) is 16.9 Å². The third-order valence-corrected chi connectivity index (χ3v) is 8.79. The summed E-state index contributed by atoms with van der Waals surface area (Å²) >= 11 is 0. The first-order valence-corrected chi connectivity index (χ1v) is 13.9. The molecular formula is C30H36F3N3O3. The maximum atomic E-state index is 13.5. The molecule has 2 aromatic rings. The first kappa shape index (κ1) is 27.5. The normalized spacial score (nSPS) is 21.9. The molecule has 9 heteroatoms. The van der Waals surface area contributed by atoms with Crippen LogP contribution >= 0.6 is 0 Å². The molecule has 3 aliphatic rings. The van der Waals surface area contributed by atoms with Crippen molar-refractivity contribution in [3.63, 3.8) is 0 Å². The van der Waals surface area contributed by atoms with Gasteiger partial charge in [0.2, 0.25) is 5.91 Å². The highest BCUT2D eigenvalue weighted by molar-refractivity contribution is 5.98. The van der Waals surface area contributed by atoms with Gasteiger partial charge < -0.3 is 20.3 Å². The Morgan fingerprint density at radius 3 is 2.05 bits per heavy atom. The molecule has 2 amide bonds. The van der Waals surface area contributed by atoms with E-state index >= 15 is 0 Å². The number of hydrogen-bond acceptors (Lipinski definition) is 4. The second-order valence-electron chi connectivity index (χ2n) is 11.3. The summed E-state index contributed by atoms with van der Waals surface area (Å²) < 4.78 is 46.5. The van der Waals surface area contributed by atoms with Crippen molar-refractivity contribution in [2.75, 3.05) is 32.8 Å². The van der Waals surface area contributed by atoms with E-state index in [1.165, 1.54) is 0 Å². The number of likely N-dealkylation sites (tertiary alicyclic amines) is 2. The van der Waals surface area contributed by atoms with Gasteiger partial charge in [-0.1, -0.05) is 30.7 Å². The average molecular weight is 544 g/mol. The zero-order valence-corrected chi connectivity index (χ0v) is 22.1. The summed E-state index contributed by atoms with van der Waals surface area (Å²) in [5.41, 5.74) is 6.43. The second kappa shape index (κ2) is 11.2. The number of halogens is 3. The van der Waals surface area contributed by atoms with Crippen molar-refractivity contribution in [2.24, 2.45) is 17.1 Å². The molecule has 210 valence electrons. The Kier molecular flexibility index (Phi) is 7.89. The van der Waals surface area contributed by atoms with Crippen LogP contribution < -0.4 is 10.5 Å². The number of hydrogen-bond donors (Lipinski definition) is 1. The highest BCUT2D eigenvalue weighted by Crippen LogP contribution is 2.53. The van der Waals surface area contributed by atoms with Crippen LogP contribution in [0.5, 0.6) is 5.75 Å². The molecule has 0 radical (unpaired) electrons. The lowest BCUT2D eigenvalue weighted by Crippen LogP contribution is -2.53. The van der Waals surface area contributed by atoms with E-state index in [0.717, 1.165) is 36.1 Å². The smallest absolute Gasteiger partial charge is 0.395 e. The molecule has 1 atom stereocenters. The minimum absolute atomic E-state index is 0.132. The van der Waals surface area contributed by atoms with Gasteiger partial charge in [-0.05, 0) is 92.9 Å². The second-order valence-corrected chi connectivity index (χ2v) is 11.3. The number of amides is 2. The van der Waals surface area contributed by atoms with Gasteiger partial charge in [-0.25, -0.2) is 0 Å². The van der Waals surface area contributed by atoms with Gasteiger partial charge in [0.25, 0.3) is 5.91 Å². The van der Waals surface area contributed by atoms with E-state index in [1.54, 1.807) is 17.0 Å². The van der Waals surface area contributed by atoms with Crippen molar-refractivity contribution in [1.29, 1.82) is 0 Å². The number of carbonyl (C=O) groups excluding carboxylic acids is 2. The number of benzene rings is 2. The molecule has 0 unspecified atom stereocenters. The quantitative estimate of drug-likeness (QED) is 0.493. The van der Waals surface area contributed by atoms with Crippen LogP contribution in [0, 0.1) is 11.3 Å². The van der Waals surface area contributed by atoms with E-state index in [9.17, 15) is 22.8 Å². The van der Waals surface area contributed by atoms with Crippen LogP contribution in [0.1, 0.15) is 55.3 Å². The van der Waals surface area contributed by atoms with Crippen LogP contribution in [-0.2, 0) is 4.79 Å². The van der Waals surface area contributed by atoms with E-state index in [1.807, 2.05) is 41.3 Å². The fourth-order valence-electron chi connectivity index (χ4n) is 6.11. The zero-order chi connectivity index (χ0) is 27.6. The average Bonchev–Trinajstić information content (AvgIpc) is 3.40. The van der Waals surface area contributed by atoms with Gasteiger partial charge in [-0.3, -0.25) is 9.59 Å². The SMILES string of the molecule is NC(=O)[C@@H]1CCCN1C(=O)c1ccc(-c2ccc(OCC3CCN(CC4(C(F)(F)F)CCC4)CC3)cc2)cc1. The Bertz CT molecular complexity index is 1150. The Labute approximate surface area is 227 Å². The van der Waals surface area contributed by atoms with E-state index in [-0.39, 0.29) is 25.3 Å². The number of carbonyl (C=O) groups is 2. The van der Waals surface area contributed by atoms with E-state index in [2.05, 4.69) is 0 Å². The summed E-state index contributed by atoms with van der Waals surface area (Å²) in [6, 6.07) is 14.5. The van der Waals surface area contributed by atoms with Gasteiger partial charge >= 0.3 is 6.18 Å². The van der Waals surface area contributed by atoms with Crippen LogP contribution in [0.4, 0.5) is 13.2 Å². The Balaban J connectivity index is 1.09. The molecule has 2 aromatic carbocycles. The molecule has 2 aliphatic heterocycles. The number of rotatable bonds is 8. The van der Waals surface area contributed by atoms with Gasteiger partial charge in [-0.2, -0.15) is 13.2 Å². The van der Waals surface area contributed by atoms with Crippen molar-refractivity contribution in [3.05, 3.63) is 54.1 Å². The number of piperidine rings is 1. The van der Waals surface area contributed by atoms with Crippen LogP contribution in [-0.4, -0.2) is 66.6 Å². The Hall–Kier alpha value is -3.07. The van der Waals surface area contributed by atoms with Crippen LogP contribution in [0.2, 0.25) is 0 Å². The van der Waals surface area contributed by atoms with Crippen LogP contribution in [0.25, 0.3) is 11.1 Å². The molecular weight excluding hydrogens is 507 g/mol. The molecule has 1 saturated carbocycles. The summed E-state index contributed by atoms with van der Waals surface area (Å²) in [5, 5.41) is 0. The summed E-state index contributed by atoms with van der Waals surface area (Å²) in [5.74, 6) is 0.442. The summed E-state index contributed by atoms with van der Waals surface area (Å²) in [4.78, 5) is 28.0. The third-order valence-electron chi connectivity index (χ3n) is 8.79. The predicted molar refractivity (Wildman–Crippen MR) is 142 cm³/mol. The highest BCUT2D eigenvalue weighted by Gasteiger charge is 2.58. The van der Waals surface area contributed by atoms with Gasteiger partial charge in [0, 0.05) is 18.7 Å². The molecule has 2 N–H and O–H groups in total. The number of primary amides is 1. The number of ether oxygens (including phenoxy) is 1. The third kappa shape index (κ3) is 5.93. The Morgan fingerprint density at radius 2 is 1.51 bits per heavy atom. The summed E-state index contributed by atoms with van der Waals surface area (Å²) in [7, 11) is 0. The molecule has 6 nitrogen and oxygen atoms in total. The van der Waals surface area contributed by atoms with E-state index in [0.29, 0.717) is 50.6 Å². The van der Waals surface area contributed by atoms with E-state index < -0.39 is 23.5 Å². The lowest BCUT2D eigenvalue weighted by atomic mass is 9.67. The standard InChI is InChI=1S/C30H36F3N3O3/c31-30(32,33)29(14-2-15-29)20-35-17-12-21(13-18-35)19-39-25-10-8-23(9-11-25)22-4-6-24(7-5-22)28(38)36-16-1-3-26(36)27(34)37/h4-11,21,26H,1-3,12-20H2,(H2,34,37)/t26-/m0/s1. The van der Waals surface area contributed by atoms with Crippen molar-refractivity contribution in [2.45, 2.75) is 57.2 Å². The first-order chi connectivity index (χ1) is 18.6. The number of nitrogens with zero attached hydrogens (tertiary/aromatic N) is 2.